The van der Waals surface area contributed by atoms with E-state index in [9.17, 15) is 5.26 Å². The smallest absolute Gasteiger partial charge is 0.148 e. The molecule has 0 spiro atoms. The Labute approximate surface area is 120 Å². The van der Waals surface area contributed by atoms with E-state index in [2.05, 4.69) is 48.9 Å². The second-order valence-corrected chi connectivity index (χ2v) is 5.68. The molecule has 0 N–H and O–H groups in total. The summed E-state index contributed by atoms with van der Waals surface area (Å²) in [6, 6.07) is 8.34. The van der Waals surface area contributed by atoms with Gasteiger partial charge in [0.2, 0.25) is 0 Å². The fourth-order valence-corrected chi connectivity index (χ4v) is 2.09. The summed E-state index contributed by atoms with van der Waals surface area (Å²) in [4.78, 5) is 8.83. The average Bonchev–Trinajstić information content (AvgIpc) is 2.45. The number of hydrogen-bond acceptors (Lipinski definition) is 3. The molecule has 0 fully saturated rings. The van der Waals surface area contributed by atoms with E-state index < -0.39 is 5.41 Å². The maximum Gasteiger partial charge on any atom is 0.148 e. The predicted octanol–water partition coefficient (Wildman–Crippen LogP) is 3.87. The molecule has 0 amide bonds. The number of nitriles is 1. The van der Waals surface area contributed by atoms with Gasteiger partial charge in [0.1, 0.15) is 11.2 Å². The molecule has 0 saturated carbocycles. The number of hydrogen-bond donors (Lipinski definition) is 0. The SMILES string of the molecule is Cc1ccc(-c2ccnc(C(C)(C)C#N)n2)c(C)c1C. The van der Waals surface area contributed by atoms with Gasteiger partial charge in [-0.2, -0.15) is 5.26 Å². The van der Waals surface area contributed by atoms with E-state index in [0.717, 1.165) is 11.3 Å². The summed E-state index contributed by atoms with van der Waals surface area (Å²) >= 11 is 0. The van der Waals surface area contributed by atoms with Gasteiger partial charge >= 0.3 is 0 Å². The van der Waals surface area contributed by atoms with E-state index in [4.69, 9.17) is 0 Å². The highest BCUT2D eigenvalue weighted by molar-refractivity contribution is 5.65. The maximum absolute atomic E-state index is 9.21. The summed E-state index contributed by atoms with van der Waals surface area (Å²) in [6.45, 7) is 10.00. The van der Waals surface area contributed by atoms with Crippen LogP contribution in [0.15, 0.2) is 24.4 Å². The largest absolute Gasteiger partial charge is 0.240 e. The molecule has 3 nitrogen and oxygen atoms in total. The Bertz CT molecular complexity index is 694. The number of benzene rings is 1. The lowest BCUT2D eigenvalue weighted by atomic mass is 9.93. The molecule has 0 aliphatic heterocycles. The predicted molar refractivity (Wildman–Crippen MR) is 80.3 cm³/mol. The van der Waals surface area contributed by atoms with Crippen LogP contribution >= 0.6 is 0 Å². The van der Waals surface area contributed by atoms with Crippen LogP contribution in [0.2, 0.25) is 0 Å². The van der Waals surface area contributed by atoms with Crippen molar-refractivity contribution in [3.8, 4) is 17.3 Å². The first-order valence-electron chi connectivity index (χ1n) is 6.69. The zero-order valence-electron chi connectivity index (χ0n) is 12.7. The van der Waals surface area contributed by atoms with Gasteiger partial charge in [-0.15, -0.1) is 0 Å². The van der Waals surface area contributed by atoms with Crippen LogP contribution in [-0.2, 0) is 5.41 Å². The zero-order chi connectivity index (χ0) is 14.9. The lowest BCUT2D eigenvalue weighted by Gasteiger charge is -2.15. The third kappa shape index (κ3) is 2.42. The summed E-state index contributed by atoms with van der Waals surface area (Å²) in [5.74, 6) is 0.565. The summed E-state index contributed by atoms with van der Waals surface area (Å²) in [6.07, 6.45) is 1.73. The molecule has 0 radical (unpaired) electrons. The van der Waals surface area contributed by atoms with Gasteiger partial charge in [0.05, 0.1) is 11.8 Å². The van der Waals surface area contributed by atoms with Crippen LogP contribution in [0.5, 0.6) is 0 Å². The quantitative estimate of drug-likeness (QED) is 0.828. The highest BCUT2D eigenvalue weighted by atomic mass is 14.9. The van der Waals surface area contributed by atoms with Crippen LogP contribution in [-0.4, -0.2) is 9.97 Å². The molecular weight excluding hydrogens is 246 g/mol. The molecule has 0 atom stereocenters. The second-order valence-electron chi connectivity index (χ2n) is 5.68. The van der Waals surface area contributed by atoms with Crippen molar-refractivity contribution in [1.29, 1.82) is 5.26 Å². The first-order valence-corrected chi connectivity index (χ1v) is 6.69. The van der Waals surface area contributed by atoms with Crippen molar-refractivity contribution in [1.82, 2.24) is 9.97 Å². The van der Waals surface area contributed by atoms with Crippen molar-refractivity contribution in [2.45, 2.75) is 40.0 Å². The number of nitrogens with zero attached hydrogens (tertiary/aromatic N) is 3. The van der Waals surface area contributed by atoms with Gasteiger partial charge < -0.3 is 0 Å². The molecule has 1 heterocycles. The Balaban J connectivity index is 2.59. The summed E-state index contributed by atoms with van der Waals surface area (Å²) in [5.41, 5.74) is 5.08. The molecule has 2 rings (SSSR count). The van der Waals surface area contributed by atoms with Crippen LogP contribution < -0.4 is 0 Å². The van der Waals surface area contributed by atoms with Crippen LogP contribution in [0.3, 0.4) is 0 Å². The molecule has 0 saturated heterocycles. The van der Waals surface area contributed by atoms with Gasteiger partial charge in [-0.05, 0) is 57.4 Å². The molecule has 3 heteroatoms. The summed E-state index contributed by atoms with van der Waals surface area (Å²) in [7, 11) is 0. The number of aromatic nitrogens is 2. The van der Waals surface area contributed by atoms with Crippen molar-refractivity contribution >= 4 is 0 Å². The van der Waals surface area contributed by atoms with E-state index in [-0.39, 0.29) is 0 Å². The van der Waals surface area contributed by atoms with Gasteiger partial charge in [0.15, 0.2) is 0 Å². The first kappa shape index (κ1) is 14.2. The first-order chi connectivity index (χ1) is 9.36. The molecule has 0 bridgehead atoms. The van der Waals surface area contributed by atoms with E-state index in [1.165, 1.54) is 16.7 Å². The molecular formula is C17H19N3. The van der Waals surface area contributed by atoms with Crippen molar-refractivity contribution in [3.63, 3.8) is 0 Å². The Morgan fingerprint density at radius 3 is 2.40 bits per heavy atom. The third-order valence-electron chi connectivity index (χ3n) is 3.83. The maximum atomic E-state index is 9.21. The minimum Gasteiger partial charge on any atom is -0.240 e. The van der Waals surface area contributed by atoms with Gasteiger partial charge in [-0.3, -0.25) is 0 Å². The number of aryl methyl sites for hydroxylation is 1. The van der Waals surface area contributed by atoms with E-state index in [1.54, 1.807) is 6.20 Å². The molecule has 1 aromatic heterocycles. The van der Waals surface area contributed by atoms with E-state index >= 15 is 0 Å². The van der Waals surface area contributed by atoms with Crippen molar-refractivity contribution in [3.05, 3.63) is 46.9 Å². The molecule has 20 heavy (non-hydrogen) atoms. The van der Waals surface area contributed by atoms with Gasteiger partial charge in [0.25, 0.3) is 0 Å². The molecule has 0 aliphatic carbocycles. The van der Waals surface area contributed by atoms with Crippen LogP contribution in [0.25, 0.3) is 11.3 Å². The van der Waals surface area contributed by atoms with Crippen LogP contribution in [0, 0.1) is 32.1 Å². The Kier molecular flexibility index (Phi) is 3.59. The monoisotopic (exact) mass is 265 g/mol. The standard InChI is InChI=1S/C17H19N3/c1-11-6-7-14(13(3)12(11)2)15-8-9-19-16(20-15)17(4,5)10-18/h6-9H,1-5H3. The van der Waals surface area contributed by atoms with Gasteiger partial charge in [-0.1, -0.05) is 12.1 Å². The number of rotatable bonds is 2. The van der Waals surface area contributed by atoms with Gasteiger partial charge in [0, 0.05) is 11.8 Å². The van der Waals surface area contributed by atoms with E-state index in [0.29, 0.717) is 5.82 Å². The highest BCUT2D eigenvalue weighted by Crippen LogP contribution is 2.27. The van der Waals surface area contributed by atoms with Crippen LogP contribution in [0.4, 0.5) is 0 Å². The minimum absolute atomic E-state index is 0.565. The Morgan fingerprint density at radius 2 is 1.75 bits per heavy atom. The van der Waals surface area contributed by atoms with Crippen molar-refractivity contribution < 1.29 is 0 Å². The fourth-order valence-electron chi connectivity index (χ4n) is 2.09. The second kappa shape index (κ2) is 5.05. The highest BCUT2D eigenvalue weighted by Gasteiger charge is 2.23. The Hall–Kier alpha value is -2.21. The minimum atomic E-state index is -0.677. The lowest BCUT2D eigenvalue weighted by molar-refractivity contribution is 0.630. The molecule has 0 aliphatic rings. The van der Waals surface area contributed by atoms with Gasteiger partial charge in [-0.25, -0.2) is 9.97 Å². The van der Waals surface area contributed by atoms with E-state index in [1.807, 2.05) is 19.9 Å². The fraction of sp³-hybridized carbons (Fsp3) is 0.353. The molecule has 102 valence electrons. The topological polar surface area (TPSA) is 49.6 Å². The third-order valence-corrected chi connectivity index (χ3v) is 3.83. The molecule has 2 aromatic rings. The lowest BCUT2D eigenvalue weighted by Crippen LogP contribution is -2.18. The summed E-state index contributed by atoms with van der Waals surface area (Å²) in [5, 5.41) is 9.21. The normalized spacial score (nSPS) is 11.2. The molecule has 1 aromatic carbocycles. The zero-order valence-corrected chi connectivity index (χ0v) is 12.7. The summed E-state index contributed by atoms with van der Waals surface area (Å²) < 4.78 is 0. The van der Waals surface area contributed by atoms with Crippen LogP contribution in [0.1, 0.15) is 36.4 Å². The van der Waals surface area contributed by atoms with Crippen molar-refractivity contribution in [2.24, 2.45) is 0 Å². The van der Waals surface area contributed by atoms with Crippen molar-refractivity contribution in [2.75, 3.05) is 0 Å². The Morgan fingerprint density at radius 1 is 1.05 bits per heavy atom. The average molecular weight is 265 g/mol. The molecule has 0 unspecified atom stereocenters.